The third-order valence-corrected chi connectivity index (χ3v) is 9.57. The molecule has 0 atom stereocenters. The molecule has 202 valence electrons. The summed E-state index contributed by atoms with van der Waals surface area (Å²) >= 11 is 1.84. The van der Waals surface area contributed by atoms with Gasteiger partial charge in [0.2, 0.25) is 0 Å². The van der Waals surface area contributed by atoms with Crippen LogP contribution in [0.2, 0.25) is 0 Å². The lowest BCUT2D eigenvalue weighted by molar-refractivity contribution is 0.669. The van der Waals surface area contributed by atoms with E-state index in [9.17, 15) is 0 Å². The fraction of sp³-hybridized carbons (Fsp3) is 0. The van der Waals surface area contributed by atoms with Crippen LogP contribution in [0.4, 0.5) is 17.1 Å². The van der Waals surface area contributed by atoms with Crippen molar-refractivity contribution in [3.63, 3.8) is 0 Å². The molecule has 0 amide bonds. The number of thiophene rings is 1. The molecule has 2 aromatic heterocycles. The molecular weight excluding hydrogens is 543 g/mol. The third kappa shape index (κ3) is 3.93. The van der Waals surface area contributed by atoms with Gasteiger partial charge in [0.25, 0.3) is 0 Å². The van der Waals surface area contributed by atoms with Crippen LogP contribution >= 0.6 is 11.3 Å². The van der Waals surface area contributed by atoms with E-state index in [1.54, 1.807) is 0 Å². The van der Waals surface area contributed by atoms with E-state index in [1.165, 1.54) is 42.1 Å². The molecule has 3 heteroatoms. The number of anilines is 3. The van der Waals surface area contributed by atoms with Gasteiger partial charge in [-0.3, -0.25) is 0 Å². The largest absolute Gasteiger partial charge is 0.454 e. The number of hydrogen-bond donors (Lipinski definition) is 0. The summed E-state index contributed by atoms with van der Waals surface area (Å²) < 4.78 is 9.13. The van der Waals surface area contributed by atoms with Crippen molar-refractivity contribution in [1.82, 2.24) is 0 Å². The summed E-state index contributed by atoms with van der Waals surface area (Å²) in [7, 11) is 0. The van der Waals surface area contributed by atoms with Crippen LogP contribution in [-0.4, -0.2) is 0 Å². The molecule has 2 heterocycles. The van der Waals surface area contributed by atoms with Crippen LogP contribution in [0.5, 0.6) is 0 Å². The Balaban J connectivity index is 1.27. The average Bonchev–Trinajstić information content (AvgIpc) is 3.64. The van der Waals surface area contributed by atoms with Crippen molar-refractivity contribution in [3.05, 3.63) is 152 Å². The van der Waals surface area contributed by atoms with Gasteiger partial charge in [0.05, 0.1) is 5.69 Å². The van der Waals surface area contributed by atoms with Crippen molar-refractivity contribution in [1.29, 1.82) is 0 Å². The first kappa shape index (κ1) is 24.2. The number of furan rings is 1. The van der Waals surface area contributed by atoms with Crippen molar-refractivity contribution in [2.45, 2.75) is 0 Å². The maximum atomic E-state index is 6.56. The highest BCUT2D eigenvalue weighted by atomic mass is 32.1. The van der Waals surface area contributed by atoms with E-state index in [0.717, 1.165) is 39.0 Å². The van der Waals surface area contributed by atoms with E-state index in [4.69, 9.17) is 4.42 Å². The summed E-state index contributed by atoms with van der Waals surface area (Å²) in [5, 5.41) is 7.26. The molecule has 9 rings (SSSR count). The molecule has 0 bridgehead atoms. The van der Waals surface area contributed by atoms with Gasteiger partial charge in [0.1, 0.15) is 5.58 Å². The van der Waals surface area contributed by atoms with Crippen LogP contribution in [0.25, 0.3) is 64.0 Å². The molecule has 0 unspecified atom stereocenters. The first-order chi connectivity index (χ1) is 21.3. The van der Waals surface area contributed by atoms with Crippen molar-refractivity contribution in [3.8, 4) is 11.1 Å². The van der Waals surface area contributed by atoms with E-state index in [0.29, 0.717) is 0 Å². The maximum absolute atomic E-state index is 6.56. The number of rotatable bonds is 4. The zero-order chi connectivity index (χ0) is 28.3. The summed E-state index contributed by atoms with van der Waals surface area (Å²) in [6, 6.07) is 54.3. The number of hydrogen-bond acceptors (Lipinski definition) is 3. The first-order valence-electron chi connectivity index (χ1n) is 14.5. The second-order valence-electron chi connectivity index (χ2n) is 11.0. The third-order valence-electron chi connectivity index (χ3n) is 8.43. The van der Waals surface area contributed by atoms with E-state index in [-0.39, 0.29) is 0 Å². The van der Waals surface area contributed by atoms with Gasteiger partial charge in [0, 0.05) is 42.3 Å². The predicted molar refractivity (Wildman–Crippen MR) is 184 cm³/mol. The molecule has 0 fully saturated rings. The second-order valence-corrected chi connectivity index (χ2v) is 12.1. The fourth-order valence-corrected chi connectivity index (χ4v) is 7.51. The summed E-state index contributed by atoms with van der Waals surface area (Å²) in [5.41, 5.74) is 7.45. The minimum atomic E-state index is 0.889. The van der Waals surface area contributed by atoms with Crippen LogP contribution in [0.3, 0.4) is 0 Å². The molecule has 0 N–H and O–H groups in total. The molecule has 0 saturated carbocycles. The number of fused-ring (bicyclic) bond motifs is 7. The standard InChI is InChI=1S/C40H25NOS/c1-2-9-26(10-3-1)27-17-18-29-24-30(20-19-28(29)23-27)41(31-21-22-34-33-12-5-7-16-38(33)43-39(34)25-31)36-14-8-13-35-32-11-4-6-15-37(32)42-40(35)36/h1-25H. The Morgan fingerprint density at radius 2 is 1.14 bits per heavy atom. The Labute approximate surface area is 252 Å². The molecular formula is C40H25NOS. The van der Waals surface area contributed by atoms with Gasteiger partial charge in [0.15, 0.2) is 5.58 Å². The Morgan fingerprint density at radius 1 is 0.442 bits per heavy atom. The Kier molecular flexibility index (Phi) is 5.40. The Morgan fingerprint density at radius 3 is 2.07 bits per heavy atom. The van der Waals surface area contributed by atoms with E-state index in [2.05, 4.69) is 144 Å². The van der Waals surface area contributed by atoms with Crippen molar-refractivity contribution in [2.24, 2.45) is 0 Å². The van der Waals surface area contributed by atoms with Crippen LogP contribution in [0.1, 0.15) is 0 Å². The monoisotopic (exact) mass is 567 g/mol. The fourth-order valence-electron chi connectivity index (χ4n) is 6.37. The predicted octanol–water partition coefficient (Wildman–Crippen LogP) is 12.2. The molecule has 0 spiro atoms. The van der Waals surface area contributed by atoms with Crippen LogP contribution < -0.4 is 4.90 Å². The topological polar surface area (TPSA) is 16.4 Å². The highest BCUT2D eigenvalue weighted by molar-refractivity contribution is 7.25. The molecule has 0 aliphatic carbocycles. The van der Waals surface area contributed by atoms with Crippen molar-refractivity contribution in [2.75, 3.05) is 4.90 Å². The lowest BCUT2D eigenvalue weighted by atomic mass is 10.0. The molecule has 7 aromatic carbocycles. The summed E-state index contributed by atoms with van der Waals surface area (Å²) in [6.07, 6.45) is 0. The van der Waals surface area contributed by atoms with Gasteiger partial charge in [-0.1, -0.05) is 103 Å². The molecule has 43 heavy (non-hydrogen) atoms. The summed E-state index contributed by atoms with van der Waals surface area (Å²) in [4.78, 5) is 2.35. The average molecular weight is 568 g/mol. The number of benzene rings is 7. The minimum absolute atomic E-state index is 0.889. The quantitative estimate of drug-likeness (QED) is 0.210. The molecule has 0 radical (unpaired) electrons. The maximum Gasteiger partial charge on any atom is 0.159 e. The number of para-hydroxylation sites is 2. The summed E-state index contributed by atoms with van der Waals surface area (Å²) in [5.74, 6) is 0. The van der Waals surface area contributed by atoms with Crippen LogP contribution in [0, 0.1) is 0 Å². The highest BCUT2D eigenvalue weighted by Gasteiger charge is 2.20. The zero-order valence-corrected chi connectivity index (χ0v) is 24.0. The van der Waals surface area contributed by atoms with Gasteiger partial charge in [-0.05, 0) is 70.4 Å². The van der Waals surface area contributed by atoms with Crippen LogP contribution in [-0.2, 0) is 0 Å². The smallest absolute Gasteiger partial charge is 0.159 e. The van der Waals surface area contributed by atoms with Crippen molar-refractivity contribution < 1.29 is 4.42 Å². The lowest BCUT2D eigenvalue weighted by Gasteiger charge is -2.26. The van der Waals surface area contributed by atoms with Gasteiger partial charge in [-0.15, -0.1) is 11.3 Å². The molecule has 0 aliphatic rings. The van der Waals surface area contributed by atoms with Gasteiger partial charge < -0.3 is 9.32 Å². The van der Waals surface area contributed by atoms with Crippen LogP contribution in [0.15, 0.2) is 156 Å². The Bertz CT molecular complexity index is 2470. The molecule has 2 nitrogen and oxygen atoms in total. The number of nitrogens with zero attached hydrogens (tertiary/aromatic N) is 1. The van der Waals surface area contributed by atoms with Gasteiger partial charge in [-0.25, -0.2) is 0 Å². The van der Waals surface area contributed by atoms with E-state index < -0.39 is 0 Å². The van der Waals surface area contributed by atoms with Crippen molar-refractivity contribution >= 4 is 81.3 Å². The highest BCUT2D eigenvalue weighted by Crippen LogP contribution is 2.45. The first-order valence-corrected chi connectivity index (χ1v) is 15.3. The molecule has 0 aliphatic heterocycles. The normalized spacial score (nSPS) is 11.7. The second kappa shape index (κ2) is 9.59. The Hall–Kier alpha value is -5.38. The summed E-state index contributed by atoms with van der Waals surface area (Å²) in [6.45, 7) is 0. The molecule has 9 aromatic rings. The minimum Gasteiger partial charge on any atom is -0.454 e. The molecule has 0 saturated heterocycles. The van der Waals surface area contributed by atoms with E-state index in [1.807, 2.05) is 23.5 Å². The SMILES string of the molecule is c1ccc(-c2ccc3cc(N(c4ccc5c(c4)sc4ccccc45)c4cccc5c4oc4ccccc45)ccc3c2)cc1. The zero-order valence-electron chi connectivity index (χ0n) is 23.2. The van der Waals surface area contributed by atoms with Gasteiger partial charge >= 0.3 is 0 Å². The van der Waals surface area contributed by atoms with E-state index >= 15 is 0 Å². The lowest BCUT2D eigenvalue weighted by Crippen LogP contribution is -2.10. The van der Waals surface area contributed by atoms with Gasteiger partial charge in [-0.2, -0.15) is 0 Å².